The van der Waals surface area contributed by atoms with Gasteiger partial charge in [0, 0.05) is 24.2 Å². The summed E-state index contributed by atoms with van der Waals surface area (Å²) in [5.41, 5.74) is -3.02. The predicted molar refractivity (Wildman–Crippen MR) is 183 cm³/mol. The van der Waals surface area contributed by atoms with Gasteiger partial charge in [0.15, 0.2) is 23.1 Å². The van der Waals surface area contributed by atoms with Crippen LogP contribution < -0.4 is 11.1 Å². The number of hydrogen-bond acceptors (Lipinski definition) is 14. The number of benzene rings is 2. The number of aromatic nitrogens is 2. The van der Waals surface area contributed by atoms with Crippen LogP contribution >= 0.6 is 0 Å². The van der Waals surface area contributed by atoms with Crippen LogP contribution in [0.3, 0.4) is 0 Å². The maximum Gasteiger partial charge on any atom is 0.281 e. The SMILES string of the molecule is CCn1c(O)c(CS(=O)(=O)O)c(C)c(N=Nc2cccc(S(=O)(=O)c3cccc(N=Nc4c(C)c(CS(=O)(=O)O)c(O)n(CC)c4=O)c3)c2)c1=O. The Labute approximate surface area is 291 Å². The van der Waals surface area contributed by atoms with Crippen molar-refractivity contribution >= 4 is 52.8 Å². The lowest BCUT2D eigenvalue weighted by molar-refractivity contribution is 0.403. The van der Waals surface area contributed by atoms with Crippen LogP contribution in [0.15, 0.2) is 88.4 Å². The van der Waals surface area contributed by atoms with Crippen molar-refractivity contribution in [1.82, 2.24) is 9.13 Å². The topological polar surface area (TPSA) is 277 Å². The largest absolute Gasteiger partial charge is 0.494 e. The lowest BCUT2D eigenvalue weighted by atomic mass is 10.1. The van der Waals surface area contributed by atoms with Crippen molar-refractivity contribution < 1.29 is 44.6 Å². The van der Waals surface area contributed by atoms with E-state index >= 15 is 0 Å². The maximum absolute atomic E-state index is 13.6. The molecule has 0 spiro atoms. The molecule has 0 bridgehead atoms. The van der Waals surface area contributed by atoms with Gasteiger partial charge >= 0.3 is 0 Å². The summed E-state index contributed by atoms with van der Waals surface area (Å²) in [6.45, 7) is 5.50. The van der Waals surface area contributed by atoms with Crippen molar-refractivity contribution in [2.75, 3.05) is 0 Å². The van der Waals surface area contributed by atoms with E-state index in [1.165, 1.54) is 64.1 Å². The van der Waals surface area contributed by atoms with Gasteiger partial charge in [0.1, 0.15) is 11.5 Å². The molecule has 2 heterocycles. The van der Waals surface area contributed by atoms with Gasteiger partial charge in [0.05, 0.1) is 21.2 Å². The van der Waals surface area contributed by atoms with Gasteiger partial charge in [-0.3, -0.25) is 27.8 Å². The van der Waals surface area contributed by atoms with E-state index in [1.54, 1.807) is 0 Å². The fourth-order valence-electron chi connectivity index (χ4n) is 5.03. The first-order chi connectivity index (χ1) is 23.7. The molecular formula is C30H32N6O12S3. The zero-order chi connectivity index (χ0) is 38.1. The summed E-state index contributed by atoms with van der Waals surface area (Å²) in [6, 6.07) is 10.4. The first-order valence-corrected chi connectivity index (χ1v) is 19.5. The molecule has 0 fully saturated rings. The van der Waals surface area contributed by atoms with E-state index in [9.17, 15) is 54.2 Å². The van der Waals surface area contributed by atoms with Gasteiger partial charge in [-0.2, -0.15) is 27.1 Å². The summed E-state index contributed by atoms with van der Waals surface area (Å²) in [7, 11) is -13.5. The minimum absolute atomic E-state index is 0.0196. The average molecular weight is 765 g/mol. The minimum atomic E-state index is -4.61. The first kappa shape index (κ1) is 38.7. The van der Waals surface area contributed by atoms with Crippen molar-refractivity contribution in [3.63, 3.8) is 0 Å². The van der Waals surface area contributed by atoms with Gasteiger partial charge < -0.3 is 10.2 Å². The molecule has 4 N–H and O–H groups in total. The number of rotatable bonds is 12. The third kappa shape index (κ3) is 8.45. The summed E-state index contributed by atoms with van der Waals surface area (Å²) in [5.74, 6) is -3.32. The lowest BCUT2D eigenvalue weighted by Gasteiger charge is -2.14. The Morgan fingerprint density at radius 3 is 1.27 bits per heavy atom. The maximum atomic E-state index is 13.6. The van der Waals surface area contributed by atoms with Crippen LogP contribution in [-0.2, 0) is 54.7 Å². The Bertz CT molecular complexity index is 2390. The van der Waals surface area contributed by atoms with Crippen LogP contribution in [0.25, 0.3) is 0 Å². The monoisotopic (exact) mass is 764 g/mol. The molecule has 0 saturated carbocycles. The summed E-state index contributed by atoms with van der Waals surface area (Å²) >= 11 is 0. The third-order valence-electron chi connectivity index (χ3n) is 7.64. The molecular weight excluding hydrogens is 733 g/mol. The molecule has 0 aliphatic rings. The van der Waals surface area contributed by atoms with E-state index in [-0.39, 0.29) is 67.9 Å². The zero-order valence-electron chi connectivity index (χ0n) is 27.4. The van der Waals surface area contributed by atoms with Gasteiger partial charge in [-0.05, 0) is 75.2 Å². The van der Waals surface area contributed by atoms with Crippen LogP contribution in [0.5, 0.6) is 11.8 Å². The molecule has 0 unspecified atom stereocenters. The van der Waals surface area contributed by atoms with Crippen LogP contribution in [0, 0.1) is 13.8 Å². The zero-order valence-corrected chi connectivity index (χ0v) is 29.9. The van der Waals surface area contributed by atoms with E-state index in [0.717, 1.165) is 21.3 Å². The van der Waals surface area contributed by atoms with Crippen molar-refractivity contribution in [1.29, 1.82) is 0 Å². The number of sulfone groups is 1. The highest BCUT2D eigenvalue weighted by Gasteiger charge is 2.24. The van der Waals surface area contributed by atoms with Crippen LogP contribution in [-0.4, -0.2) is 53.7 Å². The quantitative estimate of drug-likeness (QED) is 0.114. The second-order valence-corrected chi connectivity index (χ2v) is 15.9. The molecule has 51 heavy (non-hydrogen) atoms. The van der Waals surface area contributed by atoms with Crippen LogP contribution in [0.4, 0.5) is 22.7 Å². The van der Waals surface area contributed by atoms with Gasteiger partial charge in [0.2, 0.25) is 9.84 Å². The fraction of sp³-hybridized carbons (Fsp3) is 0.267. The van der Waals surface area contributed by atoms with Crippen LogP contribution in [0.2, 0.25) is 0 Å². The molecule has 2 aromatic heterocycles. The Kier molecular flexibility index (Phi) is 11.1. The van der Waals surface area contributed by atoms with Crippen molar-refractivity contribution in [3.05, 3.63) is 91.5 Å². The van der Waals surface area contributed by atoms with E-state index in [2.05, 4.69) is 20.5 Å². The van der Waals surface area contributed by atoms with Crippen LogP contribution in [0.1, 0.15) is 36.1 Å². The van der Waals surface area contributed by atoms with Gasteiger partial charge in [-0.1, -0.05) is 12.1 Å². The van der Waals surface area contributed by atoms with Gasteiger partial charge in [-0.25, -0.2) is 8.42 Å². The number of azo groups is 2. The highest BCUT2D eigenvalue weighted by molar-refractivity contribution is 7.91. The molecule has 0 atom stereocenters. The molecule has 0 aliphatic carbocycles. The average Bonchev–Trinajstić information content (AvgIpc) is 3.05. The Morgan fingerprint density at radius 2 is 0.961 bits per heavy atom. The normalized spacial score (nSPS) is 12.7. The minimum Gasteiger partial charge on any atom is -0.494 e. The number of nitrogens with zero attached hydrogens (tertiary/aromatic N) is 6. The van der Waals surface area contributed by atoms with Crippen molar-refractivity contribution in [2.24, 2.45) is 20.5 Å². The fourth-order valence-corrected chi connectivity index (χ4v) is 7.79. The summed E-state index contributed by atoms with van der Waals surface area (Å²) in [6.07, 6.45) is 0. The van der Waals surface area contributed by atoms with Gasteiger partial charge in [-0.15, -0.1) is 10.2 Å². The van der Waals surface area contributed by atoms with E-state index in [0.29, 0.717) is 0 Å². The molecule has 272 valence electrons. The Hall–Kier alpha value is -5.09. The molecule has 0 aliphatic heterocycles. The molecule has 4 aromatic rings. The van der Waals surface area contributed by atoms with Gasteiger partial charge in [0.25, 0.3) is 31.4 Å². The second kappa shape index (κ2) is 14.6. The summed E-state index contributed by atoms with van der Waals surface area (Å²) in [4.78, 5) is 25.5. The highest BCUT2D eigenvalue weighted by atomic mass is 32.2. The first-order valence-electron chi connectivity index (χ1n) is 14.8. The Balaban J connectivity index is 1.72. The second-order valence-electron chi connectivity index (χ2n) is 11.0. The predicted octanol–water partition coefficient (Wildman–Crippen LogP) is 4.52. The molecule has 0 radical (unpaired) electrons. The van der Waals surface area contributed by atoms with E-state index in [4.69, 9.17) is 0 Å². The smallest absolute Gasteiger partial charge is 0.281 e. The summed E-state index contributed by atoms with van der Waals surface area (Å²) < 4.78 is 93.9. The Morgan fingerprint density at radius 1 is 0.608 bits per heavy atom. The highest BCUT2D eigenvalue weighted by Crippen LogP contribution is 2.32. The molecule has 0 amide bonds. The molecule has 18 nitrogen and oxygen atoms in total. The van der Waals surface area contributed by atoms with Crippen molar-refractivity contribution in [2.45, 2.75) is 62.1 Å². The number of hydrogen-bond donors (Lipinski definition) is 4. The molecule has 0 saturated heterocycles. The molecule has 4 rings (SSSR count). The summed E-state index contributed by atoms with van der Waals surface area (Å²) in [5, 5.41) is 36.7. The molecule has 21 heteroatoms. The van der Waals surface area contributed by atoms with E-state index in [1.807, 2.05) is 0 Å². The van der Waals surface area contributed by atoms with Crippen molar-refractivity contribution in [3.8, 4) is 11.8 Å². The standard InChI is InChI=1S/C30H32N6O12S3/c1-5-35-27(37)23(15-49(41,42)43)17(3)25(29(35)39)33-31-19-9-7-11-21(13-19)51(47,48)22-12-8-10-20(14-22)32-34-26-18(4)24(16-50(44,45)46)28(38)36(6-2)30(26)40/h7-14,37-38H,5-6,15-16H2,1-4H3,(H,41,42,43)(H,44,45,46). The third-order valence-corrected chi connectivity index (χ3v) is 10.7. The van der Waals surface area contributed by atoms with E-state index < -0.39 is 64.5 Å². The molecule has 2 aromatic carbocycles. The number of aromatic hydroxyl groups is 2. The number of pyridine rings is 2. The lowest BCUT2D eigenvalue weighted by Crippen LogP contribution is -2.22.